The van der Waals surface area contributed by atoms with Crippen LogP contribution in [0.2, 0.25) is 0 Å². The molecule has 2 nitrogen and oxygen atoms in total. The van der Waals surface area contributed by atoms with Gasteiger partial charge in [0.15, 0.2) is 5.43 Å². The van der Waals surface area contributed by atoms with Crippen molar-refractivity contribution in [1.82, 2.24) is 4.57 Å². The third kappa shape index (κ3) is 5.92. The number of terminal acetylenes is 1. The number of pyridine rings is 1. The van der Waals surface area contributed by atoms with E-state index >= 15 is 0 Å². The summed E-state index contributed by atoms with van der Waals surface area (Å²) in [5.41, 5.74) is 1.86. The summed E-state index contributed by atoms with van der Waals surface area (Å²) in [6.45, 7) is 2.73. The molecule has 1 heterocycles. The van der Waals surface area contributed by atoms with Gasteiger partial charge in [0.05, 0.1) is 12.1 Å². The van der Waals surface area contributed by atoms with Crippen molar-refractivity contribution in [2.45, 2.75) is 71.3 Å². The van der Waals surface area contributed by atoms with Crippen LogP contribution in [0.25, 0.3) is 17.0 Å². The lowest BCUT2D eigenvalue weighted by atomic mass is 10.1. The summed E-state index contributed by atoms with van der Waals surface area (Å²) < 4.78 is 2.04. The van der Waals surface area contributed by atoms with E-state index in [9.17, 15) is 4.79 Å². The van der Waals surface area contributed by atoms with Crippen molar-refractivity contribution in [3.8, 4) is 12.3 Å². The number of allylic oxidation sites excluding steroid dienone is 1. The van der Waals surface area contributed by atoms with E-state index in [1.807, 2.05) is 34.9 Å². The number of benzene rings is 1. The maximum Gasteiger partial charge on any atom is 0.190 e. The summed E-state index contributed by atoms with van der Waals surface area (Å²) in [5, 5.41) is 0.725. The molecule has 2 heteroatoms. The molecule has 0 radical (unpaired) electrons. The van der Waals surface area contributed by atoms with Crippen LogP contribution in [0.4, 0.5) is 0 Å². The maximum absolute atomic E-state index is 12.3. The number of fused-ring (bicyclic) bond motifs is 1. The topological polar surface area (TPSA) is 22.0 Å². The summed E-state index contributed by atoms with van der Waals surface area (Å²) in [4.78, 5) is 12.3. The zero-order valence-electron chi connectivity index (χ0n) is 16.0. The second-order valence-electron chi connectivity index (χ2n) is 6.91. The first-order valence-corrected chi connectivity index (χ1v) is 10.0. The minimum absolute atomic E-state index is 0.0561. The number of unbranched alkanes of at least 4 members (excludes halogenated alkanes) is 8. The highest BCUT2D eigenvalue weighted by Crippen LogP contribution is 2.15. The fourth-order valence-corrected chi connectivity index (χ4v) is 3.35. The predicted molar refractivity (Wildman–Crippen MR) is 113 cm³/mol. The molecule has 0 aliphatic carbocycles. The summed E-state index contributed by atoms with van der Waals surface area (Å²) in [7, 11) is 0. The molecule has 0 saturated carbocycles. The van der Waals surface area contributed by atoms with Gasteiger partial charge in [0.25, 0.3) is 0 Å². The molecule has 0 spiro atoms. The number of rotatable bonds is 11. The Labute approximate surface area is 157 Å². The molecule has 0 fully saturated rings. The van der Waals surface area contributed by atoms with Crippen LogP contribution >= 0.6 is 0 Å². The zero-order chi connectivity index (χ0) is 18.6. The van der Waals surface area contributed by atoms with Crippen LogP contribution in [0, 0.1) is 12.3 Å². The van der Waals surface area contributed by atoms with Gasteiger partial charge in [-0.2, -0.15) is 0 Å². The predicted octanol–water partition coefficient (Wildman–Crippen LogP) is 6.18. The van der Waals surface area contributed by atoms with Gasteiger partial charge in [0, 0.05) is 17.1 Å². The van der Waals surface area contributed by atoms with Crippen LogP contribution < -0.4 is 5.43 Å². The van der Waals surface area contributed by atoms with Gasteiger partial charge >= 0.3 is 0 Å². The van der Waals surface area contributed by atoms with Crippen molar-refractivity contribution in [3.05, 3.63) is 52.3 Å². The molecular weight excluding hydrogens is 318 g/mol. The first-order chi connectivity index (χ1) is 12.8. The van der Waals surface area contributed by atoms with Crippen molar-refractivity contribution in [3.63, 3.8) is 0 Å². The van der Waals surface area contributed by atoms with Crippen molar-refractivity contribution in [1.29, 1.82) is 0 Å². The van der Waals surface area contributed by atoms with E-state index in [2.05, 4.69) is 18.9 Å². The molecule has 0 saturated heterocycles. The van der Waals surface area contributed by atoms with Crippen LogP contribution in [-0.4, -0.2) is 4.57 Å². The van der Waals surface area contributed by atoms with Gasteiger partial charge in [-0.05, 0) is 31.1 Å². The minimum atomic E-state index is 0.0561. The SMILES string of the molecule is C#CCn1c(/C=C/CCCCCCCCCC)cc(=O)c2ccccc21. The maximum atomic E-state index is 12.3. The lowest BCUT2D eigenvalue weighted by Gasteiger charge is -2.12. The summed E-state index contributed by atoms with van der Waals surface area (Å²) in [6, 6.07) is 9.36. The van der Waals surface area contributed by atoms with Crippen LogP contribution in [0.3, 0.4) is 0 Å². The highest BCUT2D eigenvalue weighted by atomic mass is 16.1. The molecule has 138 valence electrons. The second-order valence-corrected chi connectivity index (χ2v) is 6.91. The summed E-state index contributed by atoms with van der Waals surface area (Å²) >= 11 is 0. The van der Waals surface area contributed by atoms with Gasteiger partial charge in [-0.25, -0.2) is 0 Å². The van der Waals surface area contributed by atoms with Gasteiger partial charge in [-0.1, -0.05) is 76.0 Å². The van der Waals surface area contributed by atoms with Gasteiger partial charge in [-0.15, -0.1) is 6.42 Å². The molecule has 0 N–H and O–H groups in total. The molecule has 0 aliphatic heterocycles. The van der Waals surface area contributed by atoms with E-state index in [1.165, 1.54) is 51.4 Å². The second kappa shape index (κ2) is 11.4. The van der Waals surface area contributed by atoms with E-state index in [1.54, 1.807) is 6.07 Å². The first kappa shape index (κ1) is 20.0. The fraction of sp³-hybridized carbons (Fsp3) is 0.458. The molecule has 1 aromatic heterocycles. The number of aromatic nitrogens is 1. The molecule has 2 aromatic rings. The monoisotopic (exact) mass is 349 g/mol. The quantitative estimate of drug-likeness (QED) is 0.351. The van der Waals surface area contributed by atoms with Gasteiger partial charge in [0.2, 0.25) is 0 Å². The first-order valence-electron chi connectivity index (χ1n) is 10.0. The molecule has 0 aliphatic rings. The van der Waals surface area contributed by atoms with Crippen LogP contribution in [0.15, 0.2) is 41.2 Å². The number of nitrogens with zero attached hydrogens (tertiary/aromatic N) is 1. The Morgan fingerprint density at radius 2 is 1.73 bits per heavy atom. The van der Waals surface area contributed by atoms with Gasteiger partial charge < -0.3 is 4.57 Å². The largest absolute Gasteiger partial charge is 0.329 e. The van der Waals surface area contributed by atoms with Crippen molar-refractivity contribution in [2.75, 3.05) is 0 Å². The van der Waals surface area contributed by atoms with E-state index in [0.717, 1.165) is 23.0 Å². The molecule has 2 rings (SSSR count). The lowest BCUT2D eigenvalue weighted by Crippen LogP contribution is -2.11. The molecule has 0 unspecified atom stereocenters. The standard InChI is InChI=1S/C24H31NO/c1-3-5-6-7-8-9-10-11-12-13-16-21-20-24(26)22-17-14-15-18-23(22)25(21)19-4-2/h2,13-18,20H,3,5-12,19H2,1H3/b16-13+. The Balaban J connectivity index is 1.91. The molecular formula is C24H31NO. The smallest absolute Gasteiger partial charge is 0.190 e. The Kier molecular flexibility index (Phi) is 8.76. The van der Waals surface area contributed by atoms with Crippen LogP contribution in [-0.2, 0) is 6.54 Å². The van der Waals surface area contributed by atoms with Crippen LogP contribution in [0.1, 0.15) is 70.4 Å². The Morgan fingerprint density at radius 3 is 2.46 bits per heavy atom. The molecule has 0 amide bonds. The van der Waals surface area contributed by atoms with E-state index < -0.39 is 0 Å². The highest BCUT2D eigenvalue weighted by Gasteiger charge is 2.05. The minimum Gasteiger partial charge on any atom is -0.329 e. The number of para-hydroxylation sites is 1. The number of hydrogen-bond acceptors (Lipinski definition) is 1. The fourth-order valence-electron chi connectivity index (χ4n) is 3.35. The van der Waals surface area contributed by atoms with Gasteiger partial charge in [-0.3, -0.25) is 4.79 Å². The molecule has 26 heavy (non-hydrogen) atoms. The normalized spacial score (nSPS) is 11.2. The third-order valence-corrected chi connectivity index (χ3v) is 4.81. The third-order valence-electron chi connectivity index (χ3n) is 4.81. The average Bonchev–Trinajstić information content (AvgIpc) is 2.66. The molecule has 0 bridgehead atoms. The van der Waals surface area contributed by atoms with Crippen LogP contribution in [0.5, 0.6) is 0 Å². The number of hydrogen-bond donors (Lipinski definition) is 0. The highest BCUT2D eigenvalue weighted by molar-refractivity contribution is 5.80. The van der Waals surface area contributed by atoms with Gasteiger partial charge in [0.1, 0.15) is 0 Å². The Morgan fingerprint density at radius 1 is 1.04 bits per heavy atom. The Bertz CT molecular complexity index is 807. The van der Waals surface area contributed by atoms with E-state index in [4.69, 9.17) is 6.42 Å². The molecule has 0 atom stereocenters. The van der Waals surface area contributed by atoms with Crippen molar-refractivity contribution >= 4 is 17.0 Å². The average molecular weight is 350 g/mol. The summed E-state index contributed by atoms with van der Waals surface area (Å²) in [5.74, 6) is 2.70. The lowest BCUT2D eigenvalue weighted by molar-refractivity contribution is 0.578. The summed E-state index contributed by atoms with van der Waals surface area (Å²) in [6.07, 6.45) is 21.4. The van der Waals surface area contributed by atoms with E-state index in [-0.39, 0.29) is 5.43 Å². The molecule has 1 aromatic carbocycles. The van der Waals surface area contributed by atoms with E-state index in [0.29, 0.717) is 6.54 Å². The Hall–Kier alpha value is -2.27. The van der Waals surface area contributed by atoms with Crippen molar-refractivity contribution in [2.24, 2.45) is 0 Å². The van der Waals surface area contributed by atoms with Crippen molar-refractivity contribution < 1.29 is 0 Å². The zero-order valence-corrected chi connectivity index (χ0v) is 16.0.